The van der Waals surface area contributed by atoms with Gasteiger partial charge in [0.1, 0.15) is 0 Å². The molecule has 0 saturated heterocycles. The zero-order valence-corrected chi connectivity index (χ0v) is 16.4. The van der Waals surface area contributed by atoms with Crippen molar-refractivity contribution in [3.05, 3.63) is 0 Å². The average Bonchev–Trinajstić information content (AvgIpc) is 2.94. The second-order valence-electron chi connectivity index (χ2n) is 5.20. The highest BCUT2D eigenvalue weighted by Crippen LogP contribution is 2.17. The molecule has 0 spiro atoms. The standard InChI is InChI=1S/C13H28N4O2S.HI/c1-4-20(18,19)17(3)11-7-10-15-13(14-2)16-12-8-5-6-9-12;/h12H,4-11H2,1-3H3,(H2,14,15,16);1H. The molecule has 0 radical (unpaired) electrons. The van der Waals surface area contributed by atoms with Crippen LogP contribution in [0.25, 0.3) is 0 Å². The van der Waals surface area contributed by atoms with Crippen molar-refractivity contribution in [3.63, 3.8) is 0 Å². The lowest BCUT2D eigenvalue weighted by atomic mass is 10.2. The molecule has 0 atom stereocenters. The SMILES string of the molecule is CCS(=O)(=O)N(C)CCCNC(=NC)NC1CCCC1.I. The minimum Gasteiger partial charge on any atom is -0.356 e. The lowest BCUT2D eigenvalue weighted by molar-refractivity contribution is 0.461. The van der Waals surface area contributed by atoms with Crippen LogP contribution in [0.3, 0.4) is 0 Å². The third kappa shape index (κ3) is 7.64. The summed E-state index contributed by atoms with van der Waals surface area (Å²) in [5.41, 5.74) is 0. The van der Waals surface area contributed by atoms with E-state index in [1.807, 2.05) is 0 Å². The molecule has 0 aliphatic heterocycles. The van der Waals surface area contributed by atoms with Gasteiger partial charge >= 0.3 is 0 Å². The minimum atomic E-state index is -3.06. The maximum absolute atomic E-state index is 11.6. The zero-order valence-electron chi connectivity index (χ0n) is 13.3. The number of nitrogens with zero attached hydrogens (tertiary/aromatic N) is 2. The van der Waals surface area contributed by atoms with Gasteiger partial charge in [-0.2, -0.15) is 0 Å². The molecule has 0 amide bonds. The monoisotopic (exact) mass is 432 g/mol. The van der Waals surface area contributed by atoms with Crippen LogP contribution in [0.2, 0.25) is 0 Å². The van der Waals surface area contributed by atoms with Crippen molar-refractivity contribution in [1.82, 2.24) is 14.9 Å². The van der Waals surface area contributed by atoms with Crippen molar-refractivity contribution >= 4 is 40.0 Å². The van der Waals surface area contributed by atoms with Crippen LogP contribution in [0, 0.1) is 0 Å². The van der Waals surface area contributed by atoms with E-state index in [-0.39, 0.29) is 29.7 Å². The predicted octanol–water partition coefficient (Wildman–Crippen LogP) is 1.38. The Morgan fingerprint density at radius 1 is 1.33 bits per heavy atom. The number of halogens is 1. The molecule has 6 nitrogen and oxygen atoms in total. The van der Waals surface area contributed by atoms with Gasteiger partial charge in [0.25, 0.3) is 0 Å². The molecule has 1 aliphatic rings. The summed E-state index contributed by atoms with van der Waals surface area (Å²) in [5, 5.41) is 6.64. The highest BCUT2D eigenvalue weighted by atomic mass is 127. The number of guanidine groups is 1. The lowest BCUT2D eigenvalue weighted by Gasteiger charge is -2.18. The molecule has 2 N–H and O–H groups in total. The third-order valence-electron chi connectivity index (χ3n) is 3.70. The summed E-state index contributed by atoms with van der Waals surface area (Å²) in [6, 6.07) is 0.532. The molecular weight excluding hydrogens is 403 g/mol. The predicted molar refractivity (Wildman–Crippen MR) is 98.9 cm³/mol. The normalized spacial score (nSPS) is 16.9. The minimum absolute atomic E-state index is 0. The Bertz CT molecular complexity index is 408. The van der Waals surface area contributed by atoms with Crippen LogP contribution in [-0.2, 0) is 10.0 Å². The number of nitrogens with one attached hydrogen (secondary N) is 2. The molecule has 0 aromatic heterocycles. The van der Waals surface area contributed by atoms with E-state index in [0.29, 0.717) is 12.6 Å². The summed E-state index contributed by atoms with van der Waals surface area (Å²) in [7, 11) is 0.328. The van der Waals surface area contributed by atoms with Crippen LogP contribution in [0.1, 0.15) is 39.0 Å². The maximum Gasteiger partial charge on any atom is 0.213 e. The van der Waals surface area contributed by atoms with Crippen molar-refractivity contribution < 1.29 is 8.42 Å². The summed E-state index contributed by atoms with van der Waals surface area (Å²) in [5.74, 6) is 0.972. The third-order valence-corrected chi connectivity index (χ3v) is 5.56. The Morgan fingerprint density at radius 3 is 2.48 bits per heavy atom. The van der Waals surface area contributed by atoms with Gasteiger partial charge in [-0.1, -0.05) is 12.8 Å². The fourth-order valence-corrected chi connectivity index (χ4v) is 3.17. The molecule has 0 heterocycles. The molecule has 1 saturated carbocycles. The maximum atomic E-state index is 11.6. The highest BCUT2D eigenvalue weighted by Gasteiger charge is 2.16. The van der Waals surface area contributed by atoms with Gasteiger partial charge in [-0.15, -0.1) is 24.0 Å². The van der Waals surface area contributed by atoms with Crippen LogP contribution in [0.5, 0.6) is 0 Å². The molecule has 126 valence electrons. The fraction of sp³-hybridized carbons (Fsp3) is 0.923. The van der Waals surface area contributed by atoms with E-state index in [2.05, 4.69) is 15.6 Å². The summed E-state index contributed by atoms with van der Waals surface area (Å²) in [6.45, 7) is 2.91. The Kier molecular flexibility index (Phi) is 10.6. The lowest BCUT2D eigenvalue weighted by Crippen LogP contribution is -2.43. The molecular formula is C13H29IN4O2S. The quantitative estimate of drug-likeness (QED) is 0.276. The van der Waals surface area contributed by atoms with E-state index in [1.165, 1.54) is 30.0 Å². The fourth-order valence-electron chi connectivity index (χ4n) is 2.33. The number of hydrogen-bond donors (Lipinski definition) is 2. The molecule has 1 aliphatic carbocycles. The van der Waals surface area contributed by atoms with Gasteiger partial charge < -0.3 is 10.6 Å². The summed E-state index contributed by atoms with van der Waals surface area (Å²) in [6.07, 6.45) is 5.75. The second-order valence-corrected chi connectivity index (χ2v) is 7.56. The topological polar surface area (TPSA) is 73.8 Å². The van der Waals surface area contributed by atoms with Crippen LogP contribution in [0.15, 0.2) is 4.99 Å². The Labute approximate surface area is 146 Å². The Balaban J connectivity index is 0.00000400. The number of hydrogen-bond acceptors (Lipinski definition) is 3. The molecule has 0 unspecified atom stereocenters. The molecule has 21 heavy (non-hydrogen) atoms. The van der Waals surface area contributed by atoms with Gasteiger partial charge in [-0.3, -0.25) is 4.99 Å². The summed E-state index contributed by atoms with van der Waals surface area (Å²) >= 11 is 0. The van der Waals surface area contributed by atoms with Crippen molar-refractivity contribution in [2.24, 2.45) is 4.99 Å². The largest absolute Gasteiger partial charge is 0.356 e. The Morgan fingerprint density at radius 2 is 1.95 bits per heavy atom. The van der Waals surface area contributed by atoms with E-state index >= 15 is 0 Å². The summed E-state index contributed by atoms with van der Waals surface area (Å²) < 4.78 is 24.6. The molecule has 1 fully saturated rings. The van der Waals surface area contributed by atoms with Crippen LogP contribution in [0.4, 0.5) is 0 Å². The van der Waals surface area contributed by atoms with E-state index in [4.69, 9.17) is 0 Å². The first-order valence-electron chi connectivity index (χ1n) is 7.40. The van der Waals surface area contributed by atoms with Crippen molar-refractivity contribution in [1.29, 1.82) is 0 Å². The molecule has 8 heteroatoms. The number of sulfonamides is 1. The molecule has 0 aromatic carbocycles. The van der Waals surface area contributed by atoms with E-state index in [1.54, 1.807) is 21.0 Å². The zero-order chi connectivity index (χ0) is 15.0. The van der Waals surface area contributed by atoms with Gasteiger partial charge in [-0.05, 0) is 26.2 Å². The first-order valence-corrected chi connectivity index (χ1v) is 9.01. The van der Waals surface area contributed by atoms with Crippen LogP contribution >= 0.6 is 24.0 Å². The van der Waals surface area contributed by atoms with Crippen molar-refractivity contribution in [2.75, 3.05) is 32.9 Å². The van der Waals surface area contributed by atoms with Gasteiger partial charge in [0.05, 0.1) is 5.75 Å². The van der Waals surface area contributed by atoms with E-state index in [0.717, 1.165) is 18.9 Å². The van der Waals surface area contributed by atoms with E-state index < -0.39 is 10.0 Å². The highest BCUT2D eigenvalue weighted by molar-refractivity contribution is 14.0. The van der Waals surface area contributed by atoms with Crippen molar-refractivity contribution in [2.45, 2.75) is 45.1 Å². The average molecular weight is 432 g/mol. The Hall–Kier alpha value is -0.0900. The first-order chi connectivity index (χ1) is 9.49. The van der Waals surface area contributed by atoms with Gasteiger partial charge in [-0.25, -0.2) is 12.7 Å². The van der Waals surface area contributed by atoms with Gasteiger partial charge in [0, 0.05) is 33.2 Å². The van der Waals surface area contributed by atoms with Crippen molar-refractivity contribution in [3.8, 4) is 0 Å². The van der Waals surface area contributed by atoms with E-state index in [9.17, 15) is 8.42 Å². The molecule has 0 bridgehead atoms. The molecule has 0 aromatic rings. The number of rotatable bonds is 7. The van der Waals surface area contributed by atoms with Crippen LogP contribution < -0.4 is 10.6 Å². The second kappa shape index (κ2) is 10.6. The van der Waals surface area contributed by atoms with Gasteiger partial charge in [0.2, 0.25) is 10.0 Å². The first kappa shape index (κ1) is 20.9. The van der Waals surface area contributed by atoms with Crippen LogP contribution in [-0.4, -0.2) is 57.7 Å². The van der Waals surface area contributed by atoms with Gasteiger partial charge in [0.15, 0.2) is 5.96 Å². The molecule has 1 rings (SSSR count). The number of aliphatic imine (C=N–C) groups is 1. The summed E-state index contributed by atoms with van der Waals surface area (Å²) in [4.78, 5) is 4.20. The smallest absolute Gasteiger partial charge is 0.213 e.